The molecule has 1 aromatic carbocycles. The van der Waals surface area contributed by atoms with E-state index in [1.807, 2.05) is 0 Å². The second-order valence-corrected chi connectivity index (χ2v) is 5.07. The normalized spacial score (nSPS) is 16.6. The first kappa shape index (κ1) is 14.4. The van der Waals surface area contributed by atoms with Gasteiger partial charge in [-0.3, -0.25) is 0 Å². The Bertz CT molecular complexity index is 574. The molecule has 102 valence electrons. The van der Waals surface area contributed by atoms with Crippen LogP contribution in [-0.2, 0) is 12.6 Å². The molecule has 1 aliphatic heterocycles. The van der Waals surface area contributed by atoms with E-state index in [1.54, 1.807) is 6.92 Å². The van der Waals surface area contributed by atoms with Gasteiger partial charge in [-0.05, 0) is 43.5 Å². The summed E-state index contributed by atoms with van der Waals surface area (Å²) in [7, 11) is 0. The van der Waals surface area contributed by atoms with Crippen molar-refractivity contribution in [1.82, 2.24) is 0 Å². The van der Waals surface area contributed by atoms with E-state index in [0.717, 1.165) is 17.7 Å². The van der Waals surface area contributed by atoms with Crippen molar-refractivity contribution in [2.45, 2.75) is 25.9 Å². The van der Waals surface area contributed by atoms with Crippen molar-refractivity contribution < 1.29 is 13.2 Å². The van der Waals surface area contributed by atoms with Gasteiger partial charge in [0.1, 0.15) is 5.17 Å². The van der Waals surface area contributed by atoms with Crippen LogP contribution in [0.5, 0.6) is 0 Å². The molecule has 0 atom stereocenters. The molecule has 0 unspecified atom stereocenters. The van der Waals surface area contributed by atoms with Gasteiger partial charge < -0.3 is 0 Å². The number of halogens is 5. The minimum absolute atomic E-state index is 0.111. The molecule has 0 spiro atoms. The fourth-order valence-electron chi connectivity index (χ4n) is 1.83. The molecule has 0 bridgehead atoms. The van der Waals surface area contributed by atoms with Crippen molar-refractivity contribution in [3.05, 3.63) is 39.9 Å². The van der Waals surface area contributed by atoms with Gasteiger partial charge in [0.05, 0.1) is 16.3 Å². The van der Waals surface area contributed by atoms with E-state index in [-0.39, 0.29) is 5.17 Å². The maximum atomic E-state index is 12.7. The van der Waals surface area contributed by atoms with Gasteiger partial charge in [0, 0.05) is 0 Å². The van der Waals surface area contributed by atoms with Gasteiger partial charge >= 0.3 is 6.18 Å². The highest BCUT2D eigenvalue weighted by molar-refractivity contribution is 6.76. The van der Waals surface area contributed by atoms with Crippen LogP contribution in [0.2, 0.25) is 0 Å². The predicted octanol–water partition coefficient (Wildman–Crippen LogP) is 5.43. The zero-order chi connectivity index (χ0) is 14.2. The van der Waals surface area contributed by atoms with E-state index in [2.05, 4.69) is 4.99 Å². The summed E-state index contributed by atoms with van der Waals surface area (Å²) in [4.78, 5) is 4.08. The number of alkyl halides is 3. The number of fused-ring (bicyclic) bond motifs is 1. The van der Waals surface area contributed by atoms with Crippen LogP contribution in [-0.4, -0.2) is 5.17 Å². The fraction of sp³-hybridized carbons (Fsp3) is 0.308. The maximum Gasteiger partial charge on any atom is 0.416 e. The van der Waals surface area contributed by atoms with Crippen LogP contribution < -0.4 is 0 Å². The van der Waals surface area contributed by atoms with Crippen molar-refractivity contribution in [2.75, 3.05) is 0 Å². The molecule has 1 aromatic rings. The Morgan fingerprint density at radius 2 is 1.84 bits per heavy atom. The molecule has 1 heterocycles. The van der Waals surface area contributed by atoms with Crippen LogP contribution in [0.3, 0.4) is 0 Å². The van der Waals surface area contributed by atoms with Gasteiger partial charge in [0.2, 0.25) is 0 Å². The Kier molecular flexibility index (Phi) is 3.92. The van der Waals surface area contributed by atoms with Crippen LogP contribution in [0.1, 0.15) is 24.5 Å². The first-order valence-electron chi connectivity index (χ1n) is 5.59. The average molecular weight is 308 g/mol. The Balaban J connectivity index is 2.51. The highest BCUT2D eigenvalue weighted by Gasteiger charge is 2.31. The number of aryl methyl sites for hydroxylation is 1. The van der Waals surface area contributed by atoms with Gasteiger partial charge in [0.15, 0.2) is 0 Å². The lowest BCUT2D eigenvalue weighted by molar-refractivity contribution is -0.137. The summed E-state index contributed by atoms with van der Waals surface area (Å²) < 4.78 is 38.0. The molecule has 19 heavy (non-hydrogen) atoms. The van der Waals surface area contributed by atoms with Gasteiger partial charge in [0.25, 0.3) is 0 Å². The molecule has 0 saturated heterocycles. The van der Waals surface area contributed by atoms with Crippen LogP contribution >= 0.6 is 23.2 Å². The molecule has 1 nitrogen and oxygen atoms in total. The largest absolute Gasteiger partial charge is 0.416 e. The highest BCUT2D eigenvalue weighted by atomic mass is 35.5. The van der Waals surface area contributed by atoms with Crippen molar-refractivity contribution in [3.8, 4) is 0 Å². The lowest BCUT2D eigenvalue weighted by Crippen LogP contribution is -2.06. The van der Waals surface area contributed by atoms with E-state index in [1.165, 1.54) is 6.07 Å². The van der Waals surface area contributed by atoms with Gasteiger partial charge in [-0.1, -0.05) is 28.8 Å². The zero-order valence-electron chi connectivity index (χ0n) is 9.98. The van der Waals surface area contributed by atoms with Crippen LogP contribution in [0, 0.1) is 0 Å². The molecule has 0 radical (unpaired) electrons. The molecule has 0 N–H and O–H groups in total. The third-order valence-electron chi connectivity index (χ3n) is 2.95. The summed E-state index contributed by atoms with van der Waals surface area (Å²) in [5, 5.41) is 0.479. The minimum Gasteiger partial charge on any atom is -0.235 e. The molecule has 1 aliphatic rings. The number of aliphatic imine (C=N–C) groups is 1. The number of rotatable bonds is 0. The molecular formula is C13H10Cl2F3N. The summed E-state index contributed by atoms with van der Waals surface area (Å²) in [5.74, 6) is 0. The molecule has 0 aliphatic carbocycles. The van der Waals surface area contributed by atoms with E-state index in [0.29, 0.717) is 29.1 Å². The standard InChI is InChI=1S/C13H10Cl2F3N/c1-7-2-3-8-6-9(13(16,17)18)4-5-10(8)19-12(15)11(7)14/h4-6H,2-3H2,1H3. The maximum absolute atomic E-state index is 12.7. The summed E-state index contributed by atoms with van der Waals surface area (Å²) >= 11 is 11.9. The Hall–Kier alpha value is -1.00. The Morgan fingerprint density at radius 3 is 2.47 bits per heavy atom. The van der Waals surface area contributed by atoms with Crippen molar-refractivity contribution >= 4 is 34.1 Å². The monoisotopic (exact) mass is 307 g/mol. The van der Waals surface area contributed by atoms with Crippen molar-refractivity contribution in [2.24, 2.45) is 4.99 Å². The summed E-state index contributed by atoms with van der Waals surface area (Å²) in [6.07, 6.45) is -3.35. The van der Waals surface area contributed by atoms with E-state index >= 15 is 0 Å². The number of hydrogen-bond donors (Lipinski definition) is 0. The first-order valence-corrected chi connectivity index (χ1v) is 6.34. The zero-order valence-corrected chi connectivity index (χ0v) is 11.5. The van der Waals surface area contributed by atoms with E-state index < -0.39 is 11.7 Å². The SMILES string of the molecule is CC1=C(Cl)C(Cl)=Nc2ccc(C(F)(F)F)cc2CC1. The highest BCUT2D eigenvalue weighted by Crippen LogP contribution is 2.35. The predicted molar refractivity (Wildman–Crippen MR) is 71.3 cm³/mol. The van der Waals surface area contributed by atoms with Crippen LogP contribution in [0.25, 0.3) is 0 Å². The summed E-state index contributed by atoms with van der Waals surface area (Å²) in [5.41, 5.74) is 1.10. The molecule has 2 rings (SSSR count). The number of nitrogens with zero attached hydrogens (tertiary/aromatic N) is 1. The average Bonchev–Trinajstić information content (AvgIpc) is 2.33. The lowest BCUT2D eigenvalue weighted by Gasteiger charge is -2.14. The quantitative estimate of drug-likeness (QED) is 0.605. The molecule has 6 heteroatoms. The lowest BCUT2D eigenvalue weighted by atomic mass is 10.00. The van der Waals surface area contributed by atoms with Crippen molar-refractivity contribution in [1.29, 1.82) is 0 Å². The topological polar surface area (TPSA) is 12.4 Å². The number of allylic oxidation sites excluding steroid dienone is 2. The van der Waals surface area contributed by atoms with Crippen LogP contribution in [0.4, 0.5) is 18.9 Å². The van der Waals surface area contributed by atoms with E-state index in [9.17, 15) is 13.2 Å². The fourth-order valence-corrected chi connectivity index (χ4v) is 2.22. The number of benzene rings is 1. The van der Waals surface area contributed by atoms with Gasteiger partial charge in [-0.25, -0.2) is 4.99 Å². The molecular weight excluding hydrogens is 298 g/mol. The summed E-state index contributed by atoms with van der Waals surface area (Å²) in [6, 6.07) is 3.44. The molecule has 0 aromatic heterocycles. The Morgan fingerprint density at radius 1 is 1.16 bits per heavy atom. The third-order valence-corrected chi connectivity index (χ3v) is 3.82. The van der Waals surface area contributed by atoms with Crippen LogP contribution in [0.15, 0.2) is 33.8 Å². The second kappa shape index (κ2) is 5.17. The molecule has 0 fully saturated rings. The first-order chi connectivity index (χ1) is 8.79. The Labute approximate surface area is 118 Å². The smallest absolute Gasteiger partial charge is 0.235 e. The van der Waals surface area contributed by atoms with E-state index in [4.69, 9.17) is 23.2 Å². The third kappa shape index (κ3) is 3.12. The van der Waals surface area contributed by atoms with Gasteiger partial charge in [-0.15, -0.1) is 0 Å². The second-order valence-electron chi connectivity index (χ2n) is 4.34. The van der Waals surface area contributed by atoms with Crippen molar-refractivity contribution in [3.63, 3.8) is 0 Å². The van der Waals surface area contributed by atoms with Gasteiger partial charge in [-0.2, -0.15) is 13.2 Å². The minimum atomic E-state index is -4.35. The number of hydrogen-bond acceptors (Lipinski definition) is 1. The molecule has 0 amide bonds. The molecule has 0 saturated carbocycles. The summed E-state index contributed by atoms with van der Waals surface area (Å²) in [6.45, 7) is 1.79.